The third-order valence-corrected chi connectivity index (χ3v) is 4.11. The number of amidine groups is 1. The fraction of sp³-hybridized carbons (Fsp3) is 0.182. The Bertz CT molecular complexity index is 549. The van der Waals surface area contributed by atoms with Gasteiger partial charge in [-0.15, -0.1) is 0 Å². The molecule has 1 saturated heterocycles. The lowest BCUT2D eigenvalue weighted by molar-refractivity contribution is -0.123. The average molecular weight is 318 g/mol. The predicted octanol–water partition coefficient (Wildman–Crippen LogP) is 2.49. The number of anilines is 1. The van der Waals surface area contributed by atoms with Gasteiger partial charge in [0.15, 0.2) is 5.17 Å². The van der Waals surface area contributed by atoms with E-state index in [1.165, 1.54) is 6.07 Å². The predicted molar refractivity (Wildman–Crippen MR) is 77.0 cm³/mol. The van der Waals surface area contributed by atoms with Crippen molar-refractivity contribution in [3.8, 4) is 0 Å². The number of carbonyl (C=O) groups is 2. The van der Waals surface area contributed by atoms with Crippen molar-refractivity contribution in [2.75, 3.05) is 5.32 Å². The van der Waals surface area contributed by atoms with Crippen molar-refractivity contribution in [2.45, 2.75) is 11.7 Å². The SMILES string of the molecule is N=C1NC(=O)CC(C(=O)Nc2ccc(Cl)c(Cl)c2)S1. The average Bonchev–Trinajstić information content (AvgIpc) is 2.32. The summed E-state index contributed by atoms with van der Waals surface area (Å²) in [5, 5.41) is 12.5. The number of rotatable bonds is 2. The Morgan fingerprint density at radius 2 is 2.16 bits per heavy atom. The maximum atomic E-state index is 12.0. The van der Waals surface area contributed by atoms with Crippen molar-refractivity contribution in [2.24, 2.45) is 0 Å². The number of thioether (sulfide) groups is 1. The molecule has 1 aromatic rings. The molecule has 1 fully saturated rings. The summed E-state index contributed by atoms with van der Waals surface area (Å²) in [5.74, 6) is -0.680. The molecule has 0 aromatic heterocycles. The van der Waals surface area contributed by atoms with Crippen molar-refractivity contribution >= 4 is 57.6 Å². The van der Waals surface area contributed by atoms with Crippen molar-refractivity contribution in [1.29, 1.82) is 5.41 Å². The fourth-order valence-corrected chi connectivity index (χ4v) is 2.66. The van der Waals surface area contributed by atoms with Crippen molar-refractivity contribution in [3.63, 3.8) is 0 Å². The van der Waals surface area contributed by atoms with Crippen molar-refractivity contribution in [1.82, 2.24) is 5.32 Å². The molecule has 1 aliphatic heterocycles. The van der Waals surface area contributed by atoms with Gasteiger partial charge in [-0.2, -0.15) is 0 Å². The van der Waals surface area contributed by atoms with Gasteiger partial charge < -0.3 is 10.6 Å². The lowest BCUT2D eigenvalue weighted by atomic mass is 10.2. The van der Waals surface area contributed by atoms with Crippen LogP contribution in [0, 0.1) is 5.41 Å². The van der Waals surface area contributed by atoms with Gasteiger partial charge in [-0.1, -0.05) is 35.0 Å². The first-order valence-corrected chi connectivity index (χ1v) is 6.90. The summed E-state index contributed by atoms with van der Waals surface area (Å²) in [6.07, 6.45) is 0.0419. The van der Waals surface area contributed by atoms with Gasteiger partial charge in [0.1, 0.15) is 5.25 Å². The Balaban J connectivity index is 2.06. The number of hydrogen-bond donors (Lipinski definition) is 3. The molecule has 0 aliphatic carbocycles. The molecular formula is C11H9Cl2N3O2S. The molecular weight excluding hydrogens is 309 g/mol. The molecule has 2 rings (SSSR count). The molecule has 5 nitrogen and oxygen atoms in total. The molecule has 1 heterocycles. The molecule has 1 aromatic carbocycles. The fourth-order valence-electron chi connectivity index (χ4n) is 1.50. The Morgan fingerprint density at radius 3 is 2.79 bits per heavy atom. The summed E-state index contributed by atoms with van der Waals surface area (Å²) >= 11 is 12.6. The van der Waals surface area contributed by atoms with Crippen LogP contribution in [0.15, 0.2) is 18.2 Å². The summed E-state index contributed by atoms with van der Waals surface area (Å²) in [6.45, 7) is 0. The van der Waals surface area contributed by atoms with Crippen LogP contribution in [-0.2, 0) is 9.59 Å². The van der Waals surface area contributed by atoms with Gasteiger partial charge in [-0.25, -0.2) is 0 Å². The lowest BCUT2D eigenvalue weighted by Crippen LogP contribution is -2.41. The maximum absolute atomic E-state index is 12.0. The highest BCUT2D eigenvalue weighted by atomic mass is 35.5. The molecule has 0 radical (unpaired) electrons. The Morgan fingerprint density at radius 1 is 1.42 bits per heavy atom. The summed E-state index contributed by atoms with van der Waals surface area (Å²) in [4.78, 5) is 23.2. The molecule has 1 aliphatic rings. The molecule has 1 atom stereocenters. The second-order valence-corrected chi connectivity index (χ2v) is 5.83. The third kappa shape index (κ3) is 3.62. The molecule has 0 bridgehead atoms. The normalized spacial score (nSPS) is 18.9. The molecule has 0 saturated carbocycles. The highest BCUT2D eigenvalue weighted by Gasteiger charge is 2.29. The summed E-state index contributed by atoms with van der Waals surface area (Å²) in [6, 6.07) is 4.72. The zero-order valence-electron chi connectivity index (χ0n) is 9.50. The van der Waals surface area contributed by atoms with Crippen LogP contribution in [0.5, 0.6) is 0 Å². The van der Waals surface area contributed by atoms with E-state index in [4.69, 9.17) is 28.6 Å². The van der Waals surface area contributed by atoms with E-state index in [1.54, 1.807) is 12.1 Å². The summed E-state index contributed by atoms with van der Waals surface area (Å²) < 4.78 is 0. The van der Waals surface area contributed by atoms with Crippen molar-refractivity contribution < 1.29 is 9.59 Å². The Labute approximate surface area is 123 Å². The van der Waals surface area contributed by atoms with E-state index in [2.05, 4.69) is 10.6 Å². The molecule has 1 unspecified atom stereocenters. The maximum Gasteiger partial charge on any atom is 0.238 e. The molecule has 8 heteroatoms. The number of nitrogens with one attached hydrogen (secondary N) is 3. The number of amides is 2. The van der Waals surface area contributed by atoms with E-state index < -0.39 is 5.25 Å². The van der Waals surface area contributed by atoms with Gasteiger partial charge in [0.25, 0.3) is 0 Å². The molecule has 19 heavy (non-hydrogen) atoms. The Hall–Kier alpha value is -1.24. The molecule has 0 spiro atoms. The number of hydrogen-bond acceptors (Lipinski definition) is 4. The second-order valence-electron chi connectivity index (χ2n) is 3.81. The minimum absolute atomic E-state index is 0.0226. The monoisotopic (exact) mass is 317 g/mol. The topological polar surface area (TPSA) is 82.1 Å². The van der Waals surface area contributed by atoms with E-state index in [1.807, 2.05) is 0 Å². The number of carbonyl (C=O) groups excluding carboxylic acids is 2. The zero-order valence-corrected chi connectivity index (χ0v) is 11.8. The van der Waals surface area contributed by atoms with Crippen LogP contribution in [0.2, 0.25) is 10.0 Å². The van der Waals surface area contributed by atoms with Crippen LogP contribution in [0.3, 0.4) is 0 Å². The van der Waals surface area contributed by atoms with Crippen LogP contribution >= 0.6 is 35.0 Å². The van der Waals surface area contributed by atoms with Crippen molar-refractivity contribution in [3.05, 3.63) is 28.2 Å². The summed E-state index contributed by atoms with van der Waals surface area (Å²) in [7, 11) is 0. The lowest BCUT2D eigenvalue weighted by Gasteiger charge is -2.21. The van der Waals surface area contributed by atoms with E-state index in [-0.39, 0.29) is 23.4 Å². The zero-order chi connectivity index (χ0) is 14.0. The van der Waals surface area contributed by atoms with Gasteiger partial charge in [0.05, 0.1) is 10.0 Å². The van der Waals surface area contributed by atoms with E-state index >= 15 is 0 Å². The standard InChI is InChI=1S/C11H9Cl2N3O2S/c12-6-2-1-5(3-7(6)13)15-10(18)8-4-9(17)16-11(14)19-8/h1-3,8H,4H2,(H,15,18)(H2,14,16,17). The van der Waals surface area contributed by atoms with Crippen LogP contribution in [0.4, 0.5) is 5.69 Å². The van der Waals surface area contributed by atoms with Gasteiger partial charge >= 0.3 is 0 Å². The third-order valence-electron chi connectivity index (χ3n) is 2.36. The first-order valence-electron chi connectivity index (χ1n) is 5.26. The first kappa shape index (κ1) is 14.2. The minimum Gasteiger partial charge on any atom is -0.325 e. The second kappa shape index (κ2) is 5.81. The van der Waals surface area contributed by atoms with Crippen LogP contribution in [0.25, 0.3) is 0 Å². The van der Waals surface area contributed by atoms with Crippen LogP contribution in [-0.4, -0.2) is 22.2 Å². The van der Waals surface area contributed by atoms with Gasteiger partial charge in [-0.05, 0) is 18.2 Å². The first-order chi connectivity index (χ1) is 8.95. The molecule has 100 valence electrons. The van der Waals surface area contributed by atoms with Gasteiger partial charge in [0, 0.05) is 12.1 Å². The van der Waals surface area contributed by atoms with E-state index in [0.717, 1.165) is 11.8 Å². The Kier molecular flexibility index (Phi) is 4.34. The van der Waals surface area contributed by atoms with E-state index in [9.17, 15) is 9.59 Å². The van der Waals surface area contributed by atoms with Gasteiger partial charge in [-0.3, -0.25) is 15.0 Å². The van der Waals surface area contributed by atoms with Crippen LogP contribution in [0.1, 0.15) is 6.42 Å². The number of benzene rings is 1. The highest BCUT2D eigenvalue weighted by Crippen LogP contribution is 2.26. The largest absolute Gasteiger partial charge is 0.325 e. The minimum atomic E-state index is -0.615. The molecule has 2 amide bonds. The smallest absolute Gasteiger partial charge is 0.238 e. The molecule has 3 N–H and O–H groups in total. The van der Waals surface area contributed by atoms with E-state index in [0.29, 0.717) is 15.7 Å². The number of halogens is 2. The summed E-state index contributed by atoms with van der Waals surface area (Å²) in [5.41, 5.74) is 0.498. The quantitative estimate of drug-likeness (QED) is 0.783. The highest BCUT2D eigenvalue weighted by molar-refractivity contribution is 8.15. The van der Waals surface area contributed by atoms with Gasteiger partial charge in [0.2, 0.25) is 11.8 Å². The van der Waals surface area contributed by atoms with Crippen LogP contribution < -0.4 is 10.6 Å².